The summed E-state index contributed by atoms with van der Waals surface area (Å²) in [6.07, 6.45) is 4.48. The summed E-state index contributed by atoms with van der Waals surface area (Å²) in [5.74, 6) is -0.375. The van der Waals surface area contributed by atoms with Crippen LogP contribution < -0.4 is 10.6 Å². The second kappa shape index (κ2) is 10.7. The minimum absolute atomic E-state index is 0.0380. The van der Waals surface area contributed by atoms with Crippen molar-refractivity contribution < 1.29 is 19.1 Å². The number of anilines is 1. The predicted octanol–water partition coefficient (Wildman–Crippen LogP) is 5.79. The van der Waals surface area contributed by atoms with E-state index in [0.717, 1.165) is 37.8 Å². The van der Waals surface area contributed by atoms with E-state index in [9.17, 15) is 19.1 Å². The first-order valence-corrected chi connectivity index (χ1v) is 12.2. The molecule has 1 aliphatic carbocycles. The van der Waals surface area contributed by atoms with Gasteiger partial charge in [-0.05, 0) is 49.9 Å². The monoisotopic (exact) mass is 478 g/mol. The molecule has 0 unspecified atom stereocenters. The van der Waals surface area contributed by atoms with Gasteiger partial charge in [0.05, 0.1) is 11.4 Å². The Balaban J connectivity index is 1.56. The first-order chi connectivity index (χ1) is 16.9. The number of nitrogens with one attached hydrogen (secondary N) is 2. The van der Waals surface area contributed by atoms with Gasteiger partial charge in [-0.1, -0.05) is 38.5 Å². The molecule has 184 valence electrons. The van der Waals surface area contributed by atoms with E-state index in [4.69, 9.17) is 0 Å². The number of carbonyl (C=O) groups is 2. The summed E-state index contributed by atoms with van der Waals surface area (Å²) in [4.78, 5) is 25.4. The zero-order chi connectivity index (χ0) is 24.9. The van der Waals surface area contributed by atoms with Gasteiger partial charge in [0.15, 0.2) is 0 Å². The lowest BCUT2D eigenvalue weighted by Crippen LogP contribution is -2.31. The fourth-order valence-corrected chi connectivity index (χ4v) is 4.30. The Morgan fingerprint density at radius 2 is 1.89 bits per heavy atom. The number of hydrogen-bond donors (Lipinski definition) is 3. The Labute approximate surface area is 204 Å². The van der Waals surface area contributed by atoms with Gasteiger partial charge in [-0.25, -0.2) is 9.18 Å². The molecule has 0 spiro atoms. The van der Waals surface area contributed by atoms with Crippen LogP contribution in [0.2, 0.25) is 0 Å². The van der Waals surface area contributed by atoms with Gasteiger partial charge < -0.3 is 15.7 Å². The molecule has 0 atom stereocenters. The third kappa shape index (κ3) is 5.37. The molecule has 8 heteroatoms. The molecule has 3 N–H and O–H groups in total. The third-order valence-corrected chi connectivity index (χ3v) is 6.74. The summed E-state index contributed by atoms with van der Waals surface area (Å²) < 4.78 is 15.3. The van der Waals surface area contributed by atoms with Gasteiger partial charge in [0.1, 0.15) is 11.6 Å². The predicted molar refractivity (Wildman–Crippen MR) is 133 cm³/mol. The standard InChI is InChI=1S/C27H31FN4O3/c1-3-17(4-2)26(34)30-20-12-13-21(25(33)14-20)23-15-24(18-9-7-10-18)32(31-23)27(35)29-16-19-8-5-6-11-22(19)28/h5-6,8,11-15,17-18,33H,3-4,7,9-10,16H2,1-2H3,(H,29,35)(H,30,34). The fourth-order valence-electron chi connectivity index (χ4n) is 4.30. The molecule has 0 radical (unpaired) electrons. The summed E-state index contributed by atoms with van der Waals surface area (Å²) in [5.41, 5.74) is 2.59. The number of nitrogens with zero attached hydrogens (tertiary/aromatic N) is 2. The summed E-state index contributed by atoms with van der Waals surface area (Å²) in [5, 5.41) is 20.8. The van der Waals surface area contributed by atoms with Gasteiger partial charge >= 0.3 is 6.03 Å². The highest BCUT2D eigenvalue weighted by molar-refractivity contribution is 5.93. The normalized spacial score (nSPS) is 13.5. The molecule has 4 rings (SSSR count). The van der Waals surface area contributed by atoms with Gasteiger partial charge in [-0.2, -0.15) is 9.78 Å². The highest BCUT2D eigenvalue weighted by atomic mass is 19.1. The highest BCUT2D eigenvalue weighted by Gasteiger charge is 2.27. The van der Waals surface area contributed by atoms with E-state index in [-0.39, 0.29) is 35.9 Å². The van der Waals surface area contributed by atoms with Crippen LogP contribution in [0.4, 0.5) is 14.9 Å². The van der Waals surface area contributed by atoms with Crippen molar-refractivity contribution in [2.24, 2.45) is 5.92 Å². The Morgan fingerprint density at radius 1 is 1.14 bits per heavy atom. The van der Waals surface area contributed by atoms with E-state index in [2.05, 4.69) is 15.7 Å². The van der Waals surface area contributed by atoms with Crippen LogP contribution >= 0.6 is 0 Å². The Kier molecular flexibility index (Phi) is 7.48. The van der Waals surface area contributed by atoms with Crippen molar-refractivity contribution in [1.29, 1.82) is 0 Å². The number of benzene rings is 2. The molecule has 1 saturated carbocycles. The van der Waals surface area contributed by atoms with Crippen molar-refractivity contribution in [2.75, 3.05) is 5.32 Å². The molecule has 35 heavy (non-hydrogen) atoms. The van der Waals surface area contributed by atoms with Crippen molar-refractivity contribution in [3.63, 3.8) is 0 Å². The molecule has 2 amide bonds. The molecule has 0 aliphatic heterocycles. The number of aromatic hydroxyl groups is 1. The second-order valence-electron chi connectivity index (χ2n) is 8.98. The maximum absolute atomic E-state index is 14.0. The Hall–Kier alpha value is -3.68. The van der Waals surface area contributed by atoms with Crippen LogP contribution in [0, 0.1) is 11.7 Å². The number of phenolic OH excluding ortho intramolecular Hbond substituents is 1. The van der Waals surface area contributed by atoms with E-state index in [1.807, 2.05) is 19.9 Å². The van der Waals surface area contributed by atoms with E-state index >= 15 is 0 Å². The van der Waals surface area contributed by atoms with Crippen LogP contribution in [0.5, 0.6) is 5.75 Å². The minimum Gasteiger partial charge on any atom is -0.507 e. The largest absolute Gasteiger partial charge is 0.507 e. The van der Waals surface area contributed by atoms with Gasteiger partial charge in [-0.15, -0.1) is 0 Å². The molecule has 1 fully saturated rings. The number of halogens is 1. The first-order valence-electron chi connectivity index (χ1n) is 12.2. The molecule has 7 nitrogen and oxygen atoms in total. The highest BCUT2D eigenvalue weighted by Crippen LogP contribution is 2.39. The maximum atomic E-state index is 14.0. The molecule has 1 aromatic heterocycles. The molecule has 1 aliphatic rings. The average molecular weight is 479 g/mol. The molecule has 3 aromatic rings. The zero-order valence-corrected chi connectivity index (χ0v) is 20.1. The van der Waals surface area contributed by atoms with Gasteiger partial charge in [0, 0.05) is 41.3 Å². The Morgan fingerprint density at radius 3 is 2.51 bits per heavy atom. The SMILES string of the molecule is CCC(CC)C(=O)Nc1ccc(-c2cc(C3CCC3)n(C(=O)NCc3ccccc3F)n2)c(O)c1. The lowest BCUT2D eigenvalue weighted by Gasteiger charge is -2.25. The Bertz CT molecular complexity index is 1210. The summed E-state index contributed by atoms with van der Waals surface area (Å²) >= 11 is 0. The maximum Gasteiger partial charge on any atom is 0.342 e. The zero-order valence-electron chi connectivity index (χ0n) is 20.1. The number of carbonyl (C=O) groups excluding carboxylic acids is 2. The number of phenols is 1. The lowest BCUT2D eigenvalue weighted by atomic mass is 9.82. The minimum atomic E-state index is -0.449. The van der Waals surface area contributed by atoms with Crippen LogP contribution in [0.1, 0.15) is 63.1 Å². The van der Waals surface area contributed by atoms with Gasteiger partial charge in [0.25, 0.3) is 0 Å². The van der Waals surface area contributed by atoms with Crippen LogP contribution in [-0.2, 0) is 11.3 Å². The molecular formula is C27H31FN4O3. The molecule has 0 saturated heterocycles. The number of amides is 2. The van der Waals surface area contributed by atoms with E-state index < -0.39 is 6.03 Å². The third-order valence-electron chi connectivity index (χ3n) is 6.74. The fraction of sp³-hybridized carbons (Fsp3) is 0.370. The van der Waals surface area contributed by atoms with Crippen LogP contribution in [0.25, 0.3) is 11.3 Å². The van der Waals surface area contributed by atoms with Crippen molar-refractivity contribution >= 4 is 17.6 Å². The quantitative estimate of drug-likeness (QED) is 0.382. The van der Waals surface area contributed by atoms with Crippen molar-refractivity contribution in [1.82, 2.24) is 15.1 Å². The summed E-state index contributed by atoms with van der Waals surface area (Å²) in [6.45, 7) is 3.98. The molecule has 0 bridgehead atoms. The van der Waals surface area contributed by atoms with Crippen LogP contribution in [-0.4, -0.2) is 26.8 Å². The smallest absolute Gasteiger partial charge is 0.342 e. The van der Waals surface area contributed by atoms with E-state index in [0.29, 0.717) is 22.5 Å². The van der Waals surface area contributed by atoms with Crippen LogP contribution in [0.15, 0.2) is 48.5 Å². The number of aromatic nitrogens is 2. The topological polar surface area (TPSA) is 96.3 Å². The van der Waals surface area contributed by atoms with Crippen molar-refractivity contribution in [2.45, 2.75) is 58.4 Å². The molecule has 2 aromatic carbocycles. The van der Waals surface area contributed by atoms with E-state index in [1.54, 1.807) is 30.3 Å². The first kappa shape index (κ1) is 24.4. The van der Waals surface area contributed by atoms with Gasteiger partial charge in [0.2, 0.25) is 5.91 Å². The second-order valence-corrected chi connectivity index (χ2v) is 8.98. The summed E-state index contributed by atoms with van der Waals surface area (Å²) in [7, 11) is 0. The van der Waals surface area contributed by atoms with Gasteiger partial charge in [-0.3, -0.25) is 4.79 Å². The average Bonchev–Trinajstić information content (AvgIpc) is 3.22. The van der Waals surface area contributed by atoms with Crippen molar-refractivity contribution in [3.05, 3.63) is 65.6 Å². The lowest BCUT2D eigenvalue weighted by molar-refractivity contribution is -0.120. The number of rotatable bonds is 8. The molecular weight excluding hydrogens is 447 g/mol. The molecule has 1 heterocycles. The van der Waals surface area contributed by atoms with Crippen molar-refractivity contribution in [3.8, 4) is 17.0 Å². The van der Waals surface area contributed by atoms with Crippen LogP contribution in [0.3, 0.4) is 0 Å². The number of hydrogen-bond acceptors (Lipinski definition) is 4. The summed E-state index contributed by atoms with van der Waals surface area (Å²) in [6, 6.07) is 12.6. The van der Waals surface area contributed by atoms with E-state index in [1.165, 1.54) is 16.8 Å².